The first-order chi connectivity index (χ1) is 8.85. The van der Waals surface area contributed by atoms with Gasteiger partial charge in [0, 0.05) is 13.6 Å². The molecule has 0 radical (unpaired) electrons. The van der Waals surface area contributed by atoms with Crippen LogP contribution in [0.25, 0.3) is 0 Å². The van der Waals surface area contributed by atoms with Gasteiger partial charge < -0.3 is 9.64 Å². The first-order valence-electron chi connectivity index (χ1n) is 5.49. The van der Waals surface area contributed by atoms with Crippen LogP contribution in [0.1, 0.15) is 13.3 Å². The summed E-state index contributed by atoms with van der Waals surface area (Å²) in [5.74, 6) is 5.24. The smallest absolute Gasteiger partial charge is 0.390 e. The second kappa shape index (κ2) is 6.36. The van der Waals surface area contributed by atoms with Gasteiger partial charge in [-0.3, -0.25) is 5.43 Å². The summed E-state index contributed by atoms with van der Waals surface area (Å²) in [6, 6.07) is -0.000640. The topological polar surface area (TPSA) is 89.2 Å². The van der Waals surface area contributed by atoms with Crippen molar-refractivity contribution in [1.82, 2.24) is 15.0 Å². The fourth-order valence-electron chi connectivity index (χ4n) is 1.17. The Morgan fingerprint density at radius 2 is 2.00 bits per heavy atom. The van der Waals surface area contributed by atoms with Crippen LogP contribution in [-0.4, -0.2) is 41.3 Å². The molecule has 0 spiro atoms. The van der Waals surface area contributed by atoms with E-state index in [0.717, 1.165) is 0 Å². The molecule has 1 aromatic rings. The Balaban J connectivity index is 2.82. The average Bonchev–Trinajstić information content (AvgIpc) is 2.35. The van der Waals surface area contributed by atoms with Gasteiger partial charge >= 0.3 is 12.2 Å². The third-order valence-electron chi connectivity index (χ3n) is 2.08. The molecule has 3 N–H and O–H groups in total. The third kappa shape index (κ3) is 5.12. The van der Waals surface area contributed by atoms with Gasteiger partial charge in [0.2, 0.25) is 11.9 Å². The molecule has 0 fully saturated rings. The van der Waals surface area contributed by atoms with Gasteiger partial charge in [0.15, 0.2) is 0 Å². The second-order valence-corrected chi connectivity index (χ2v) is 3.61. The molecule has 0 saturated carbocycles. The Hall–Kier alpha value is -1.84. The Kier molecular flexibility index (Phi) is 5.10. The van der Waals surface area contributed by atoms with E-state index in [0.29, 0.717) is 6.61 Å². The van der Waals surface area contributed by atoms with E-state index < -0.39 is 12.6 Å². The van der Waals surface area contributed by atoms with E-state index in [2.05, 4.69) is 20.4 Å². The summed E-state index contributed by atoms with van der Waals surface area (Å²) in [6.07, 6.45) is -5.20. The molecule has 108 valence electrons. The number of hydrogen-bond acceptors (Lipinski definition) is 7. The standard InChI is InChI=1S/C9H15F3N6O/c1-3-19-8-15-6(17-13)14-7(16-8)18(2)5-4-9(10,11)12/h3-5,13H2,1-2H3,(H,14,15,16,17). The number of alkyl halides is 3. The Bertz CT molecular complexity index is 413. The number of hydrazine groups is 1. The highest BCUT2D eigenvalue weighted by Crippen LogP contribution is 2.21. The van der Waals surface area contributed by atoms with Crippen LogP contribution in [0, 0.1) is 0 Å². The van der Waals surface area contributed by atoms with Crippen LogP contribution in [0.2, 0.25) is 0 Å². The first kappa shape index (κ1) is 15.2. The van der Waals surface area contributed by atoms with E-state index in [1.165, 1.54) is 11.9 Å². The van der Waals surface area contributed by atoms with E-state index in [9.17, 15) is 13.2 Å². The summed E-state index contributed by atoms with van der Waals surface area (Å²) < 4.78 is 41.5. The molecular formula is C9H15F3N6O. The minimum atomic E-state index is -4.24. The monoisotopic (exact) mass is 280 g/mol. The predicted molar refractivity (Wildman–Crippen MR) is 62.7 cm³/mol. The first-order valence-corrected chi connectivity index (χ1v) is 5.49. The van der Waals surface area contributed by atoms with Crippen molar-refractivity contribution >= 4 is 11.9 Å². The van der Waals surface area contributed by atoms with Gasteiger partial charge in [0.05, 0.1) is 13.0 Å². The number of halogens is 3. The van der Waals surface area contributed by atoms with Gasteiger partial charge in [-0.05, 0) is 6.92 Å². The van der Waals surface area contributed by atoms with Crippen LogP contribution in [0.5, 0.6) is 6.01 Å². The number of nitrogens with one attached hydrogen (secondary N) is 1. The number of nitrogens with zero attached hydrogens (tertiary/aromatic N) is 4. The van der Waals surface area contributed by atoms with Crippen molar-refractivity contribution in [2.45, 2.75) is 19.5 Å². The summed E-state index contributed by atoms with van der Waals surface area (Å²) in [5.41, 5.74) is 2.20. The second-order valence-electron chi connectivity index (χ2n) is 3.61. The maximum absolute atomic E-state index is 12.1. The van der Waals surface area contributed by atoms with Gasteiger partial charge in [-0.1, -0.05) is 0 Å². The largest absolute Gasteiger partial charge is 0.464 e. The van der Waals surface area contributed by atoms with Crippen LogP contribution >= 0.6 is 0 Å². The summed E-state index contributed by atoms with van der Waals surface area (Å²) in [7, 11) is 1.44. The summed E-state index contributed by atoms with van der Waals surface area (Å²) in [5, 5.41) is 0. The lowest BCUT2D eigenvalue weighted by molar-refractivity contribution is -0.132. The van der Waals surface area contributed by atoms with Crippen LogP contribution in [0.3, 0.4) is 0 Å². The molecule has 0 aromatic carbocycles. The maximum Gasteiger partial charge on any atom is 0.390 e. The maximum atomic E-state index is 12.1. The van der Waals surface area contributed by atoms with Crippen LogP contribution in [0.4, 0.5) is 25.1 Å². The molecule has 0 atom stereocenters. The Morgan fingerprint density at radius 1 is 1.32 bits per heavy atom. The van der Waals surface area contributed by atoms with Gasteiger partial charge in [-0.2, -0.15) is 28.1 Å². The number of hydrogen-bond donors (Lipinski definition) is 2. The molecule has 0 amide bonds. The van der Waals surface area contributed by atoms with Crippen LogP contribution in [0.15, 0.2) is 0 Å². The minimum Gasteiger partial charge on any atom is -0.464 e. The lowest BCUT2D eigenvalue weighted by Gasteiger charge is -2.18. The number of rotatable bonds is 6. The summed E-state index contributed by atoms with van der Waals surface area (Å²) in [4.78, 5) is 12.8. The predicted octanol–water partition coefficient (Wildman–Crippen LogP) is 0.945. The fourth-order valence-corrected chi connectivity index (χ4v) is 1.17. The number of nitrogens with two attached hydrogens (primary N) is 1. The van der Waals surface area contributed by atoms with E-state index >= 15 is 0 Å². The quantitative estimate of drug-likeness (QED) is 0.592. The lowest BCUT2D eigenvalue weighted by atomic mass is 10.4. The molecule has 19 heavy (non-hydrogen) atoms. The third-order valence-corrected chi connectivity index (χ3v) is 2.08. The molecule has 0 unspecified atom stereocenters. The lowest BCUT2D eigenvalue weighted by Crippen LogP contribution is -2.26. The molecule has 0 saturated heterocycles. The zero-order valence-corrected chi connectivity index (χ0v) is 10.5. The highest BCUT2D eigenvalue weighted by Gasteiger charge is 2.27. The summed E-state index contributed by atoms with van der Waals surface area (Å²) >= 11 is 0. The number of nitrogen functional groups attached to an aromatic ring is 1. The van der Waals surface area contributed by atoms with E-state index in [4.69, 9.17) is 10.6 Å². The fraction of sp³-hybridized carbons (Fsp3) is 0.667. The van der Waals surface area contributed by atoms with Gasteiger partial charge in [-0.15, -0.1) is 0 Å². The molecule has 0 bridgehead atoms. The number of anilines is 2. The molecule has 7 nitrogen and oxygen atoms in total. The molecule has 0 aliphatic rings. The molecule has 1 heterocycles. The SMILES string of the molecule is CCOc1nc(NN)nc(N(C)CCC(F)(F)F)n1. The van der Waals surface area contributed by atoms with Crippen LogP contribution < -0.4 is 20.9 Å². The van der Waals surface area contributed by atoms with Crippen LogP contribution in [-0.2, 0) is 0 Å². The molecule has 10 heteroatoms. The van der Waals surface area contributed by atoms with Crippen molar-refractivity contribution in [3.05, 3.63) is 0 Å². The Morgan fingerprint density at radius 3 is 2.53 bits per heavy atom. The van der Waals surface area contributed by atoms with E-state index in [1.54, 1.807) is 6.92 Å². The van der Waals surface area contributed by atoms with Crippen molar-refractivity contribution in [3.63, 3.8) is 0 Å². The number of ether oxygens (including phenoxy) is 1. The average molecular weight is 280 g/mol. The summed E-state index contributed by atoms with van der Waals surface area (Å²) in [6.45, 7) is 1.77. The van der Waals surface area contributed by atoms with Crippen molar-refractivity contribution in [1.29, 1.82) is 0 Å². The highest BCUT2D eigenvalue weighted by atomic mass is 19.4. The molecule has 1 rings (SSSR count). The molecule has 0 aliphatic heterocycles. The van der Waals surface area contributed by atoms with Gasteiger partial charge in [0.1, 0.15) is 0 Å². The normalized spacial score (nSPS) is 11.3. The van der Waals surface area contributed by atoms with Crippen molar-refractivity contribution in [2.75, 3.05) is 30.5 Å². The minimum absolute atomic E-state index is 0.000640. The zero-order chi connectivity index (χ0) is 14.5. The number of aromatic nitrogens is 3. The van der Waals surface area contributed by atoms with Crippen molar-refractivity contribution < 1.29 is 17.9 Å². The van der Waals surface area contributed by atoms with Gasteiger partial charge in [0.25, 0.3) is 0 Å². The molecule has 1 aromatic heterocycles. The van der Waals surface area contributed by atoms with Crippen molar-refractivity contribution in [3.8, 4) is 6.01 Å². The van der Waals surface area contributed by atoms with Crippen molar-refractivity contribution in [2.24, 2.45) is 5.84 Å². The molecule has 0 aliphatic carbocycles. The zero-order valence-electron chi connectivity index (χ0n) is 10.5. The molecular weight excluding hydrogens is 265 g/mol. The van der Waals surface area contributed by atoms with Gasteiger partial charge in [-0.25, -0.2) is 5.84 Å². The van der Waals surface area contributed by atoms with E-state index in [-0.39, 0.29) is 24.5 Å². The Labute approximate surface area is 108 Å². The van der Waals surface area contributed by atoms with E-state index in [1.807, 2.05) is 0 Å². The highest BCUT2D eigenvalue weighted by molar-refractivity contribution is 5.36.